The Bertz CT molecular complexity index is 1120. The molecule has 0 amide bonds. The molecule has 40 heavy (non-hydrogen) atoms. The van der Waals surface area contributed by atoms with Gasteiger partial charge in [0.05, 0.1) is 26.2 Å². The summed E-state index contributed by atoms with van der Waals surface area (Å²) in [5, 5.41) is 0. The Morgan fingerprint density at radius 3 is 0.825 bits per heavy atom. The van der Waals surface area contributed by atoms with E-state index in [1.54, 1.807) is 9.80 Å². The maximum Gasteiger partial charge on any atom is 0.131 e. The second kappa shape index (κ2) is 18.1. The highest BCUT2D eigenvalue weighted by Gasteiger charge is 2.11. The molecule has 0 atom stereocenters. The van der Waals surface area contributed by atoms with Gasteiger partial charge in [0.1, 0.15) is 11.4 Å². The Labute approximate surface area is 244 Å². The smallest absolute Gasteiger partial charge is 0.131 e. The van der Waals surface area contributed by atoms with Crippen molar-refractivity contribution in [2.45, 2.75) is 79.1 Å². The van der Waals surface area contributed by atoms with Crippen molar-refractivity contribution in [2.24, 2.45) is 0 Å². The lowest BCUT2D eigenvalue weighted by atomic mass is 10.1. The second-order valence-electron chi connectivity index (χ2n) is 10.9. The Hall–Kier alpha value is -3.30. The van der Waals surface area contributed by atoms with Gasteiger partial charge in [-0.25, -0.2) is 0 Å². The van der Waals surface area contributed by atoms with Crippen molar-refractivity contribution >= 4 is 11.4 Å². The minimum absolute atomic E-state index is 1.01. The van der Waals surface area contributed by atoms with Crippen LogP contribution >= 0.6 is 0 Å². The molecule has 0 aliphatic carbocycles. The van der Waals surface area contributed by atoms with Gasteiger partial charge in [-0.3, -0.25) is 0 Å². The maximum absolute atomic E-state index is 3.33. The summed E-state index contributed by atoms with van der Waals surface area (Å²) in [4.78, 5) is 3.19. The van der Waals surface area contributed by atoms with Crippen LogP contribution < -0.4 is 9.80 Å². The molecule has 0 saturated carbocycles. The van der Waals surface area contributed by atoms with Crippen LogP contribution in [0.3, 0.4) is 0 Å². The van der Waals surface area contributed by atoms with Crippen LogP contribution in [0.4, 0.5) is 11.4 Å². The van der Waals surface area contributed by atoms with Gasteiger partial charge in [-0.2, -0.15) is 0 Å². The molecule has 0 spiro atoms. The van der Waals surface area contributed by atoms with E-state index in [1.807, 2.05) is 0 Å². The van der Waals surface area contributed by atoms with Gasteiger partial charge in [0.2, 0.25) is 0 Å². The first-order valence-corrected chi connectivity index (χ1v) is 15.7. The third kappa shape index (κ3) is 10.7. The van der Waals surface area contributed by atoms with Gasteiger partial charge in [-0.1, -0.05) is 77.1 Å². The zero-order chi connectivity index (χ0) is 28.4. The number of hydrogen-bond donors (Lipinski definition) is 2. The van der Waals surface area contributed by atoms with Gasteiger partial charge in [-0.15, -0.1) is 0 Å². The fourth-order valence-electron chi connectivity index (χ4n) is 4.89. The molecule has 2 N–H and O–H groups in total. The maximum atomic E-state index is 3.33. The predicted octanol–water partition coefficient (Wildman–Crippen LogP) is 6.72. The van der Waals surface area contributed by atoms with E-state index in [-0.39, 0.29) is 0 Å². The Balaban J connectivity index is 1.60. The zero-order valence-corrected chi connectivity index (χ0v) is 25.4. The molecule has 3 rings (SSSR count). The molecular weight excluding hydrogens is 484 g/mol. The van der Waals surface area contributed by atoms with Crippen LogP contribution in [0.5, 0.6) is 0 Å². The molecule has 0 aliphatic rings. The SMILES string of the molecule is CCCC[NH+](CCCC)c1ccc(C#Cc2ccc(C#Cc3ccc([NH+](CCCC)CCCC)cc3)cc2)cc1. The monoisotopic (exact) mass is 534 g/mol. The Kier molecular flexibility index (Phi) is 14.2. The van der Waals surface area contributed by atoms with E-state index < -0.39 is 0 Å². The van der Waals surface area contributed by atoms with E-state index in [0.717, 1.165) is 22.3 Å². The molecule has 210 valence electrons. The zero-order valence-electron chi connectivity index (χ0n) is 25.4. The molecule has 0 saturated heterocycles. The largest absolute Gasteiger partial charge is 0.302 e. The summed E-state index contributed by atoms with van der Waals surface area (Å²) in [5.41, 5.74) is 6.92. The number of hydrogen-bond acceptors (Lipinski definition) is 0. The van der Waals surface area contributed by atoms with E-state index in [9.17, 15) is 0 Å². The Morgan fingerprint density at radius 2 is 0.600 bits per heavy atom. The van der Waals surface area contributed by atoms with E-state index in [2.05, 4.69) is 124 Å². The summed E-state index contributed by atoms with van der Waals surface area (Å²) in [6.45, 7) is 13.9. The molecule has 2 heteroatoms. The molecular formula is C38H50N2+2. The average molecular weight is 535 g/mol. The molecule has 0 aliphatic heterocycles. The highest BCUT2D eigenvalue weighted by atomic mass is 15.1. The molecule has 0 bridgehead atoms. The molecule has 2 nitrogen and oxygen atoms in total. The minimum atomic E-state index is 1.01. The van der Waals surface area contributed by atoms with Crippen LogP contribution in [0.25, 0.3) is 0 Å². The first-order chi connectivity index (χ1) is 19.7. The van der Waals surface area contributed by atoms with Crippen molar-refractivity contribution < 1.29 is 9.80 Å². The minimum Gasteiger partial charge on any atom is -0.302 e. The van der Waals surface area contributed by atoms with E-state index >= 15 is 0 Å². The number of nitrogens with one attached hydrogen (secondary N) is 2. The summed E-state index contributed by atoms with van der Waals surface area (Å²) in [7, 11) is 0. The molecule has 0 aromatic heterocycles. The Morgan fingerprint density at radius 1 is 0.375 bits per heavy atom. The lowest BCUT2D eigenvalue weighted by molar-refractivity contribution is -0.833. The second-order valence-corrected chi connectivity index (χ2v) is 10.9. The topological polar surface area (TPSA) is 8.88 Å². The van der Waals surface area contributed by atoms with Crippen molar-refractivity contribution in [1.82, 2.24) is 0 Å². The lowest BCUT2D eigenvalue weighted by Crippen LogP contribution is -3.07. The third-order valence-corrected chi connectivity index (χ3v) is 7.50. The van der Waals surface area contributed by atoms with Crippen molar-refractivity contribution in [2.75, 3.05) is 26.2 Å². The van der Waals surface area contributed by atoms with Gasteiger partial charge in [0.15, 0.2) is 0 Å². The first kappa shape index (κ1) is 31.2. The predicted molar refractivity (Wildman–Crippen MR) is 172 cm³/mol. The van der Waals surface area contributed by atoms with Gasteiger partial charge < -0.3 is 9.80 Å². The van der Waals surface area contributed by atoms with Crippen molar-refractivity contribution in [3.63, 3.8) is 0 Å². The molecule has 3 aromatic rings. The lowest BCUT2D eigenvalue weighted by Gasteiger charge is -2.18. The van der Waals surface area contributed by atoms with Crippen molar-refractivity contribution in [3.05, 3.63) is 95.1 Å². The summed E-state index contributed by atoms with van der Waals surface area (Å²) in [6, 6.07) is 26.0. The molecule has 0 fully saturated rings. The quantitative estimate of drug-likeness (QED) is 0.213. The number of quaternary nitrogens is 2. The number of unbranched alkanes of at least 4 members (excludes halogenated alkanes) is 4. The average Bonchev–Trinajstić information content (AvgIpc) is 3.00. The highest BCUT2D eigenvalue weighted by Crippen LogP contribution is 2.08. The van der Waals surface area contributed by atoms with Gasteiger partial charge in [0, 0.05) is 46.5 Å². The fourth-order valence-corrected chi connectivity index (χ4v) is 4.89. The molecule has 3 aromatic carbocycles. The highest BCUT2D eigenvalue weighted by molar-refractivity contribution is 5.49. The third-order valence-electron chi connectivity index (χ3n) is 7.50. The molecule has 0 radical (unpaired) electrons. The summed E-state index contributed by atoms with van der Waals surface area (Å²) in [5.74, 6) is 13.3. The van der Waals surface area contributed by atoms with Crippen LogP contribution in [0.2, 0.25) is 0 Å². The summed E-state index contributed by atoms with van der Waals surface area (Å²) in [6.07, 6.45) is 10.1. The van der Waals surface area contributed by atoms with E-state index in [4.69, 9.17) is 0 Å². The van der Waals surface area contributed by atoms with Crippen LogP contribution in [0.15, 0.2) is 72.8 Å². The van der Waals surface area contributed by atoms with Crippen LogP contribution in [0, 0.1) is 23.7 Å². The number of benzene rings is 3. The van der Waals surface area contributed by atoms with Crippen LogP contribution in [-0.4, -0.2) is 26.2 Å². The molecule has 0 heterocycles. The fraction of sp³-hybridized carbons (Fsp3) is 0.421. The van der Waals surface area contributed by atoms with Crippen molar-refractivity contribution in [1.29, 1.82) is 0 Å². The normalized spacial score (nSPS) is 10.8. The van der Waals surface area contributed by atoms with Crippen molar-refractivity contribution in [3.8, 4) is 23.7 Å². The summed E-state index contributed by atoms with van der Waals surface area (Å²) < 4.78 is 0. The van der Waals surface area contributed by atoms with Crippen LogP contribution in [-0.2, 0) is 0 Å². The molecule has 0 unspecified atom stereocenters. The van der Waals surface area contributed by atoms with Gasteiger partial charge in [0.25, 0.3) is 0 Å². The number of rotatable bonds is 14. The first-order valence-electron chi connectivity index (χ1n) is 15.7. The summed E-state index contributed by atoms with van der Waals surface area (Å²) >= 11 is 0. The van der Waals surface area contributed by atoms with Crippen LogP contribution in [0.1, 0.15) is 101 Å². The van der Waals surface area contributed by atoms with Gasteiger partial charge in [-0.05, 0) is 74.2 Å². The van der Waals surface area contributed by atoms with E-state index in [1.165, 1.54) is 88.9 Å². The van der Waals surface area contributed by atoms with E-state index in [0.29, 0.717) is 0 Å². The standard InChI is InChI=1S/C38H48N2/c1-5-9-29-39(30-10-6-2)37-25-21-35(22-26-37)19-17-33-13-15-34(16-14-33)18-20-36-23-27-38(28-24-36)40(31-11-7-3)32-12-8-4/h13-16,21-28H,5-12,29-32H2,1-4H3/p+2. The van der Waals surface area contributed by atoms with Gasteiger partial charge >= 0.3 is 0 Å².